The van der Waals surface area contributed by atoms with Crippen LogP contribution in [0.4, 0.5) is 11.4 Å². The Balaban J connectivity index is 1.10. The number of fused-ring (bicyclic) bond motifs is 3. The molecule has 0 fully saturated rings. The van der Waals surface area contributed by atoms with Crippen LogP contribution in [0.5, 0.6) is 11.5 Å². The zero-order chi connectivity index (χ0) is 49.2. The number of hydrogen-bond donors (Lipinski definition) is 0. The first-order chi connectivity index (χ1) is 33.3. The minimum absolute atomic E-state index is 0.0414. The fourth-order valence-corrected chi connectivity index (χ4v) is 9.87. The maximum Gasteiger partial charge on any atom is 0.137 e. The van der Waals surface area contributed by atoms with Crippen LogP contribution in [0.3, 0.4) is 0 Å². The van der Waals surface area contributed by atoms with Crippen molar-refractivity contribution in [1.82, 2.24) is 9.55 Å². The quantitative estimate of drug-likeness (QED) is 0.144. The van der Waals surface area contributed by atoms with E-state index in [1.165, 1.54) is 61.3 Å². The molecule has 1 aliphatic rings. The number of benzene rings is 7. The lowest BCUT2D eigenvalue weighted by Gasteiger charge is -2.35. The number of rotatable bonds is 9. The van der Waals surface area contributed by atoms with Gasteiger partial charge in [0, 0.05) is 57.8 Å². The van der Waals surface area contributed by atoms with Crippen LogP contribution in [0.15, 0.2) is 194 Å². The maximum atomic E-state index is 7.12. The lowest BCUT2D eigenvalue weighted by molar-refractivity contribution is 0.479. The van der Waals surface area contributed by atoms with Crippen LogP contribution in [0, 0.1) is 0 Å². The summed E-state index contributed by atoms with van der Waals surface area (Å²) in [5, 5.41) is 2.32. The second-order valence-corrected chi connectivity index (χ2v) is 22.8. The van der Waals surface area contributed by atoms with Crippen molar-refractivity contribution in [1.29, 1.82) is 0 Å². The SMILES string of the molecule is CC(C)(C)c1cc(-c2ccccc2)cc(N2C=C(C(C)(C)c3ccccc3)N(c3cc(Oc4ccc5c6cc(-c7ccccc7)ccc6n(-c6cc(C(C)(C)C)ccn6)c5c4)cc(C(C)(C)C)c3)C2)c1. The first kappa shape index (κ1) is 46.4. The van der Waals surface area contributed by atoms with Gasteiger partial charge in [-0.15, -0.1) is 0 Å². The van der Waals surface area contributed by atoms with Gasteiger partial charge in [-0.25, -0.2) is 4.98 Å². The molecular weight excluding hydrogens is 853 g/mol. The minimum Gasteiger partial charge on any atom is -0.457 e. The number of nitrogens with zero attached hydrogens (tertiary/aromatic N) is 4. The molecule has 2 aromatic heterocycles. The molecule has 0 N–H and O–H groups in total. The second kappa shape index (κ2) is 17.5. The van der Waals surface area contributed by atoms with Crippen molar-refractivity contribution in [3.63, 3.8) is 0 Å². The average molecular weight is 919 g/mol. The molecule has 1 aliphatic heterocycles. The lowest BCUT2D eigenvalue weighted by atomic mass is 9.81. The van der Waals surface area contributed by atoms with Gasteiger partial charge in [-0.3, -0.25) is 4.57 Å². The highest BCUT2D eigenvalue weighted by molar-refractivity contribution is 6.10. The Morgan fingerprint density at radius 2 is 1.04 bits per heavy atom. The minimum atomic E-state index is -0.337. The monoisotopic (exact) mass is 919 g/mol. The summed E-state index contributed by atoms with van der Waals surface area (Å²) in [5.41, 5.74) is 14.8. The molecule has 0 saturated carbocycles. The van der Waals surface area contributed by atoms with Crippen LogP contribution >= 0.6 is 0 Å². The van der Waals surface area contributed by atoms with E-state index in [1.54, 1.807) is 0 Å². The van der Waals surface area contributed by atoms with E-state index in [1.807, 2.05) is 6.20 Å². The van der Waals surface area contributed by atoms with Crippen LogP contribution in [0.2, 0.25) is 0 Å². The molecule has 0 saturated heterocycles. The van der Waals surface area contributed by atoms with Crippen LogP contribution in [-0.4, -0.2) is 16.2 Å². The summed E-state index contributed by atoms with van der Waals surface area (Å²) in [6.45, 7) is 25.9. The van der Waals surface area contributed by atoms with Gasteiger partial charge in [0.15, 0.2) is 0 Å². The molecule has 5 heteroatoms. The van der Waals surface area contributed by atoms with Gasteiger partial charge in [-0.05, 0) is 121 Å². The molecule has 0 radical (unpaired) electrons. The fraction of sp³-hybridized carbons (Fsp3) is 0.246. The number of pyridine rings is 1. The van der Waals surface area contributed by atoms with Gasteiger partial charge in [-0.1, -0.05) is 179 Å². The molecule has 0 bridgehead atoms. The van der Waals surface area contributed by atoms with Crippen LogP contribution in [0.25, 0.3) is 49.9 Å². The first-order valence-electron chi connectivity index (χ1n) is 24.8. The van der Waals surface area contributed by atoms with Crippen molar-refractivity contribution in [2.75, 3.05) is 16.5 Å². The lowest BCUT2D eigenvalue weighted by Crippen LogP contribution is -2.34. The third kappa shape index (κ3) is 9.02. The van der Waals surface area contributed by atoms with Crippen LogP contribution < -0.4 is 14.5 Å². The van der Waals surface area contributed by atoms with Gasteiger partial charge in [0.05, 0.1) is 17.7 Å². The van der Waals surface area contributed by atoms with E-state index >= 15 is 0 Å². The standard InChI is InChI=1S/C65H66N4O/c1-62(2,3)49-31-32-66-61(39-49)69-58-30-27-46(44-21-15-12-16-22-44)35-57(58)56-29-28-54(41-59(56)69)70-55-38-51(64(7,8)9)37-53(40-55)68-43-67(42-60(68)65(10,11)48-25-19-14-20-26-48)52-34-47(45-23-17-13-18-24-45)33-50(36-52)63(4,5)6/h12-42H,43H2,1-11H3. The fourth-order valence-electron chi connectivity index (χ4n) is 9.87. The molecular formula is C65H66N4O. The molecule has 0 aliphatic carbocycles. The summed E-state index contributed by atoms with van der Waals surface area (Å²) in [5.74, 6) is 2.44. The van der Waals surface area contributed by atoms with Gasteiger partial charge in [0.2, 0.25) is 0 Å². The zero-order valence-corrected chi connectivity index (χ0v) is 42.8. The molecule has 10 rings (SSSR count). The molecule has 0 amide bonds. The van der Waals surface area contributed by atoms with Gasteiger partial charge in [0.1, 0.15) is 17.3 Å². The molecule has 9 aromatic rings. The second-order valence-electron chi connectivity index (χ2n) is 22.8. The summed E-state index contributed by atoms with van der Waals surface area (Å²) in [6.07, 6.45) is 4.32. The third-order valence-corrected chi connectivity index (χ3v) is 14.2. The highest BCUT2D eigenvalue weighted by atomic mass is 16.5. The van der Waals surface area contributed by atoms with E-state index in [0.717, 1.165) is 39.4 Å². The average Bonchev–Trinajstić information content (AvgIpc) is 3.95. The van der Waals surface area contributed by atoms with Gasteiger partial charge < -0.3 is 14.5 Å². The molecule has 70 heavy (non-hydrogen) atoms. The molecule has 0 unspecified atom stereocenters. The molecule has 352 valence electrons. The largest absolute Gasteiger partial charge is 0.457 e. The normalized spacial score (nSPS) is 13.6. The molecule has 7 aromatic carbocycles. The Morgan fingerprint density at radius 1 is 0.429 bits per heavy atom. The molecule has 3 heterocycles. The summed E-state index contributed by atoms with van der Waals surface area (Å²) < 4.78 is 9.43. The highest BCUT2D eigenvalue weighted by Gasteiger charge is 2.37. The van der Waals surface area contributed by atoms with Gasteiger partial charge in [0.25, 0.3) is 0 Å². The smallest absolute Gasteiger partial charge is 0.137 e. The number of anilines is 2. The van der Waals surface area contributed by atoms with Crippen molar-refractivity contribution in [2.45, 2.75) is 97.8 Å². The van der Waals surface area contributed by atoms with Crippen molar-refractivity contribution < 1.29 is 4.74 Å². The number of ether oxygens (including phenoxy) is 1. The maximum absolute atomic E-state index is 7.12. The molecule has 0 spiro atoms. The van der Waals surface area contributed by atoms with Crippen molar-refractivity contribution in [3.05, 3.63) is 216 Å². The van der Waals surface area contributed by atoms with E-state index in [0.29, 0.717) is 6.67 Å². The predicted octanol–water partition coefficient (Wildman–Crippen LogP) is 17.3. The summed E-state index contributed by atoms with van der Waals surface area (Å²) in [4.78, 5) is 9.94. The van der Waals surface area contributed by atoms with E-state index in [2.05, 4.69) is 273 Å². The third-order valence-electron chi connectivity index (χ3n) is 14.2. The Labute approximate surface area is 415 Å². The van der Waals surface area contributed by atoms with E-state index in [4.69, 9.17) is 9.72 Å². The number of hydrogen-bond acceptors (Lipinski definition) is 4. The van der Waals surface area contributed by atoms with E-state index in [9.17, 15) is 0 Å². The van der Waals surface area contributed by atoms with Crippen LogP contribution in [0.1, 0.15) is 98.4 Å². The Kier molecular flexibility index (Phi) is 11.6. The van der Waals surface area contributed by atoms with Gasteiger partial charge >= 0.3 is 0 Å². The summed E-state index contributed by atoms with van der Waals surface area (Å²) in [6, 6.07) is 63.9. The predicted molar refractivity (Wildman–Crippen MR) is 296 cm³/mol. The van der Waals surface area contributed by atoms with Gasteiger partial charge in [-0.2, -0.15) is 0 Å². The first-order valence-corrected chi connectivity index (χ1v) is 24.8. The molecule has 5 nitrogen and oxygen atoms in total. The summed E-state index contributed by atoms with van der Waals surface area (Å²) in [7, 11) is 0. The van der Waals surface area contributed by atoms with E-state index < -0.39 is 0 Å². The topological polar surface area (TPSA) is 33.5 Å². The highest BCUT2D eigenvalue weighted by Crippen LogP contribution is 2.45. The number of aromatic nitrogens is 2. The zero-order valence-electron chi connectivity index (χ0n) is 42.8. The van der Waals surface area contributed by atoms with E-state index in [-0.39, 0.29) is 21.7 Å². The Bertz CT molecular complexity index is 3400. The van der Waals surface area contributed by atoms with Crippen molar-refractivity contribution in [2.24, 2.45) is 0 Å². The number of allylic oxidation sites excluding steroid dienone is 1. The Hall–Kier alpha value is -7.37. The Morgan fingerprint density at radius 3 is 1.70 bits per heavy atom. The van der Waals surface area contributed by atoms with Crippen molar-refractivity contribution >= 4 is 33.2 Å². The van der Waals surface area contributed by atoms with Crippen molar-refractivity contribution in [3.8, 4) is 39.6 Å². The molecule has 0 atom stereocenters. The van der Waals surface area contributed by atoms with Crippen LogP contribution in [-0.2, 0) is 21.7 Å². The summed E-state index contributed by atoms with van der Waals surface area (Å²) >= 11 is 0.